The number of anilines is 2. The first-order valence-corrected chi connectivity index (χ1v) is 10.0. The molecule has 0 aliphatic rings. The van der Waals surface area contributed by atoms with Crippen LogP contribution in [0.25, 0.3) is 0 Å². The van der Waals surface area contributed by atoms with Crippen molar-refractivity contribution in [2.45, 2.75) is 16.7 Å². The maximum atomic E-state index is 12.4. The molecular formula is C15H17N3O5S2. The SMILES string of the molecule is CC(=O)N(C)c1ccc(S(=O)(=O)Nc2ccc(S(N)(=O)=O)cc2)cc1. The van der Waals surface area contributed by atoms with Crippen LogP contribution in [0.2, 0.25) is 0 Å². The minimum absolute atomic E-state index is 0.00345. The number of hydrogen-bond donors (Lipinski definition) is 2. The Hall–Kier alpha value is -2.43. The first-order chi connectivity index (χ1) is 11.5. The normalized spacial score (nSPS) is 11.8. The first kappa shape index (κ1) is 18.9. The zero-order valence-electron chi connectivity index (χ0n) is 13.5. The second kappa shape index (κ2) is 6.82. The van der Waals surface area contributed by atoms with Gasteiger partial charge in [0.1, 0.15) is 0 Å². The van der Waals surface area contributed by atoms with Crippen molar-refractivity contribution in [1.82, 2.24) is 0 Å². The summed E-state index contributed by atoms with van der Waals surface area (Å²) in [6.45, 7) is 1.40. The van der Waals surface area contributed by atoms with Gasteiger partial charge in [-0.1, -0.05) is 0 Å². The van der Waals surface area contributed by atoms with Crippen molar-refractivity contribution >= 4 is 37.3 Å². The molecule has 0 saturated carbocycles. The molecule has 0 unspecified atom stereocenters. The predicted octanol–water partition coefficient (Wildman–Crippen LogP) is 1.12. The smallest absolute Gasteiger partial charge is 0.261 e. The van der Waals surface area contributed by atoms with Crippen LogP contribution >= 0.6 is 0 Å². The van der Waals surface area contributed by atoms with E-state index in [4.69, 9.17) is 5.14 Å². The summed E-state index contributed by atoms with van der Waals surface area (Å²) < 4.78 is 49.5. The highest BCUT2D eigenvalue weighted by Crippen LogP contribution is 2.21. The number of amides is 1. The van der Waals surface area contributed by atoms with E-state index in [1.165, 1.54) is 60.4 Å². The van der Waals surface area contributed by atoms with E-state index in [9.17, 15) is 21.6 Å². The number of carbonyl (C=O) groups is 1. The third-order valence-electron chi connectivity index (χ3n) is 3.44. The summed E-state index contributed by atoms with van der Waals surface area (Å²) in [4.78, 5) is 12.6. The topological polar surface area (TPSA) is 127 Å². The van der Waals surface area contributed by atoms with Crippen LogP contribution in [-0.4, -0.2) is 29.8 Å². The van der Waals surface area contributed by atoms with Gasteiger partial charge < -0.3 is 4.90 Å². The fourth-order valence-electron chi connectivity index (χ4n) is 1.96. The Balaban J connectivity index is 2.23. The van der Waals surface area contributed by atoms with E-state index >= 15 is 0 Å². The maximum absolute atomic E-state index is 12.4. The van der Waals surface area contributed by atoms with Crippen LogP contribution in [0.1, 0.15) is 6.92 Å². The van der Waals surface area contributed by atoms with Crippen molar-refractivity contribution in [3.63, 3.8) is 0 Å². The van der Waals surface area contributed by atoms with Gasteiger partial charge in [-0.25, -0.2) is 22.0 Å². The van der Waals surface area contributed by atoms with Crippen LogP contribution in [0.5, 0.6) is 0 Å². The van der Waals surface area contributed by atoms with E-state index < -0.39 is 20.0 Å². The molecule has 0 aliphatic carbocycles. The highest BCUT2D eigenvalue weighted by atomic mass is 32.2. The number of sulfonamides is 2. The van der Waals surface area contributed by atoms with Crippen LogP contribution in [0.3, 0.4) is 0 Å². The van der Waals surface area contributed by atoms with Crippen LogP contribution < -0.4 is 14.8 Å². The molecule has 0 spiro atoms. The molecule has 10 heteroatoms. The highest BCUT2D eigenvalue weighted by molar-refractivity contribution is 7.92. The van der Waals surface area contributed by atoms with Crippen molar-refractivity contribution in [2.75, 3.05) is 16.7 Å². The van der Waals surface area contributed by atoms with Gasteiger partial charge in [0.15, 0.2) is 0 Å². The van der Waals surface area contributed by atoms with Gasteiger partial charge in [0.25, 0.3) is 10.0 Å². The van der Waals surface area contributed by atoms with E-state index in [1.807, 2.05) is 0 Å². The monoisotopic (exact) mass is 383 g/mol. The van der Waals surface area contributed by atoms with Gasteiger partial charge in [0.05, 0.1) is 9.79 Å². The molecule has 8 nitrogen and oxygen atoms in total. The zero-order chi connectivity index (χ0) is 18.8. The molecule has 1 amide bonds. The molecular weight excluding hydrogens is 366 g/mol. The number of carbonyl (C=O) groups excluding carboxylic acids is 1. The largest absolute Gasteiger partial charge is 0.316 e. The Kier molecular flexibility index (Phi) is 5.16. The number of benzene rings is 2. The number of primary sulfonamides is 1. The maximum Gasteiger partial charge on any atom is 0.261 e. The second-order valence-corrected chi connectivity index (χ2v) is 8.49. The lowest BCUT2D eigenvalue weighted by Crippen LogP contribution is -2.22. The number of hydrogen-bond acceptors (Lipinski definition) is 5. The van der Waals surface area contributed by atoms with Gasteiger partial charge >= 0.3 is 0 Å². The van der Waals surface area contributed by atoms with Crippen LogP contribution in [-0.2, 0) is 24.8 Å². The van der Waals surface area contributed by atoms with Gasteiger partial charge in [-0.05, 0) is 48.5 Å². The minimum atomic E-state index is -3.86. The van der Waals surface area contributed by atoms with E-state index in [2.05, 4.69) is 4.72 Å². The molecule has 2 aromatic rings. The highest BCUT2D eigenvalue weighted by Gasteiger charge is 2.16. The van der Waals surface area contributed by atoms with Gasteiger partial charge in [0.2, 0.25) is 15.9 Å². The van der Waals surface area contributed by atoms with Crippen LogP contribution in [0.15, 0.2) is 58.3 Å². The van der Waals surface area contributed by atoms with E-state index in [1.54, 1.807) is 7.05 Å². The fourth-order valence-corrected chi connectivity index (χ4v) is 3.53. The summed E-state index contributed by atoms with van der Waals surface area (Å²) in [6, 6.07) is 10.8. The molecule has 3 N–H and O–H groups in total. The molecule has 2 rings (SSSR count). The lowest BCUT2D eigenvalue weighted by Gasteiger charge is -2.15. The lowest BCUT2D eigenvalue weighted by molar-refractivity contribution is -0.116. The van der Waals surface area contributed by atoms with Crippen molar-refractivity contribution in [2.24, 2.45) is 5.14 Å². The summed E-state index contributed by atoms with van der Waals surface area (Å²) in [5.41, 5.74) is 0.751. The summed E-state index contributed by atoms with van der Waals surface area (Å²) in [5.74, 6) is -0.177. The second-order valence-electron chi connectivity index (χ2n) is 5.25. The number of nitrogens with zero attached hydrogens (tertiary/aromatic N) is 1. The summed E-state index contributed by atoms with van der Waals surface area (Å²) in [7, 11) is -6.12. The summed E-state index contributed by atoms with van der Waals surface area (Å²) in [5, 5.41) is 4.99. The fraction of sp³-hybridized carbons (Fsp3) is 0.133. The Labute approximate surface area is 146 Å². The Morgan fingerprint density at radius 2 is 1.40 bits per heavy atom. The molecule has 0 atom stereocenters. The summed E-state index contributed by atoms with van der Waals surface area (Å²) >= 11 is 0. The van der Waals surface area contributed by atoms with Crippen LogP contribution in [0, 0.1) is 0 Å². The van der Waals surface area contributed by atoms with E-state index in [0.717, 1.165) is 0 Å². The molecule has 0 aliphatic heterocycles. The molecule has 0 aromatic heterocycles. The molecule has 0 saturated heterocycles. The molecule has 0 heterocycles. The van der Waals surface area contributed by atoms with Crippen molar-refractivity contribution < 1.29 is 21.6 Å². The number of nitrogens with one attached hydrogen (secondary N) is 1. The minimum Gasteiger partial charge on any atom is -0.316 e. The van der Waals surface area contributed by atoms with Gasteiger partial charge in [-0.3, -0.25) is 9.52 Å². The number of rotatable bonds is 5. The van der Waals surface area contributed by atoms with Crippen molar-refractivity contribution in [1.29, 1.82) is 0 Å². The molecule has 25 heavy (non-hydrogen) atoms. The predicted molar refractivity (Wildman–Crippen MR) is 94.1 cm³/mol. The Bertz CT molecular complexity index is 982. The average molecular weight is 383 g/mol. The molecule has 0 bridgehead atoms. The van der Waals surface area contributed by atoms with Crippen molar-refractivity contribution in [3.05, 3.63) is 48.5 Å². The third kappa shape index (κ3) is 4.56. The third-order valence-corrected chi connectivity index (χ3v) is 5.77. The Morgan fingerprint density at radius 3 is 1.84 bits per heavy atom. The van der Waals surface area contributed by atoms with E-state index in [-0.39, 0.29) is 21.4 Å². The molecule has 0 fully saturated rings. The van der Waals surface area contributed by atoms with Gasteiger partial charge in [-0.15, -0.1) is 0 Å². The van der Waals surface area contributed by atoms with Crippen molar-refractivity contribution in [3.8, 4) is 0 Å². The van der Waals surface area contributed by atoms with E-state index in [0.29, 0.717) is 5.69 Å². The first-order valence-electron chi connectivity index (χ1n) is 7.01. The molecule has 2 aromatic carbocycles. The van der Waals surface area contributed by atoms with Crippen LogP contribution in [0.4, 0.5) is 11.4 Å². The zero-order valence-corrected chi connectivity index (χ0v) is 15.1. The van der Waals surface area contributed by atoms with Gasteiger partial charge in [-0.2, -0.15) is 0 Å². The standard InChI is InChI=1S/C15H17N3O5S2/c1-11(19)18(2)13-5-9-15(10-6-13)25(22,23)17-12-3-7-14(8-4-12)24(16,20)21/h3-10,17H,1-2H3,(H2,16,20,21). The Morgan fingerprint density at radius 1 is 0.920 bits per heavy atom. The molecule has 134 valence electrons. The molecule has 0 radical (unpaired) electrons. The lowest BCUT2D eigenvalue weighted by atomic mass is 10.3. The quantitative estimate of drug-likeness (QED) is 0.800. The average Bonchev–Trinajstić information content (AvgIpc) is 2.53. The number of nitrogens with two attached hydrogens (primary N) is 1. The van der Waals surface area contributed by atoms with Gasteiger partial charge in [0, 0.05) is 25.3 Å². The summed E-state index contributed by atoms with van der Waals surface area (Å²) in [6.07, 6.45) is 0.